The molecule has 0 amide bonds. The monoisotopic (exact) mass is 504 g/mol. The summed E-state index contributed by atoms with van der Waals surface area (Å²) in [4.78, 5) is 21.1. The molecule has 0 heterocycles. The maximum absolute atomic E-state index is 11.9. The summed E-state index contributed by atoms with van der Waals surface area (Å²) >= 11 is 0. The fourth-order valence-corrected chi connectivity index (χ4v) is 4.10. The number of carboxylic acids is 2. The molecule has 35 heavy (non-hydrogen) atoms. The number of hydrogen-bond acceptors (Lipinski definition) is 4. The average Bonchev–Trinajstić information content (AvgIpc) is 2.77. The van der Waals surface area contributed by atoms with Crippen molar-refractivity contribution in [3.63, 3.8) is 0 Å². The van der Waals surface area contributed by atoms with E-state index in [0.29, 0.717) is 18.9 Å². The van der Waals surface area contributed by atoms with E-state index in [9.17, 15) is 22.8 Å². The fourth-order valence-electron chi connectivity index (χ4n) is 4.10. The van der Waals surface area contributed by atoms with Gasteiger partial charge in [-0.25, -0.2) is 0 Å². The van der Waals surface area contributed by atoms with E-state index in [4.69, 9.17) is 21.7 Å². The number of aryl methyl sites for hydroxylation is 1. The Hall–Kier alpha value is -2.13. The molecule has 0 aliphatic rings. The lowest BCUT2D eigenvalue weighted by atomic mass is 9.89. The first-order valence-electron chi connectivity index (χ1n) is 12.3. The van der Waals surface area contributed by atoms with Gasteiger partial charge in [0, 0.05) is 19.3 Å². The minimum atomic E-state index is -4.14. The molecule has 6 nitrogen and oxygen atoms in total. The summed E-state index contributed by atoms with van der Waals surface area (Å²) in [6.45, 7) is 4.55. The van der Waals surface area contributed by atoms with Crippen LogP contribution in [0.25, 0.3) is 0 Å². The molecule has 1 aromatic carbocycles. The lowest BCUT2D eigenvalue weighted by Crippen LogP contribution is -2.21. The van der Waals surface area contributed by atoms with Crippen molar-refractivity contribution in [3.8, 4) is 0 Å². The number of hydrogen-bond donors (Lipinski definition) is 4. The Balaban J connectivity index is 0.000000672. The average molecular weight is 505 g/mol. The van der Waals surface area contributed by atoms with Gasteiger partial charge in [-0.2, -0.15) is 13.2 Å². The number of rotatable bonds is 16. The third kappa shape index (κ3) is 19.8. The largest absolute Gasteiger partial charge is 0.481 e. The van der Waals surface area contributed by atoms with E-state index >= 15 is 0 Å². The van der Waals surface area contributed by atoms with Gasteiger partial charge in [0.15, 0.2) is 0 Å². The number of aliphatic carboxylic acids is 2. The number of halogens is 3. The van der Waals surface area contributed by atoms with Crippen molar-refractivity contribution < 1.29 is 33.0 Å². The molecule has 4 atom stereocenters. The zero-order valence-corrected chi connectivity index (χ0v) is 21.0. The van der Waals surface area contributed by atoms with Crippen molar-refractivity contribution in [3.05, 3.63) is 35.9 Å². The second kappa shape index (κ2) is 18.2. The van der Waals surface area contributed by atoms with Crippen LogP contribution in [-0.4, -0.2) is 41.4 Å². The third-order valence-electron chi connectivity index (χ3n) is 5.99. The molecule has 9 heteroatoms. The molecule has 202 valence electrons. The molecule has 6 N–H and O–H groups in total. The minimum absolute atomic E-state index is 0.0274. The number of carboxylic acid groups (broad SMARTS) is 2. The lowest BCUT2D eigenvalue weighted by molar-refractivity contribution is -0.140. The highest BCUT2D eigenvalue weighted by atomic mass is 19.4. The van der Waals surface area contributed by atoms with Crippen LogP contribution >= 0.6 is 0 Å². The molecule has 0 unspecified atom stereocenters. The third-order valence-corrected chi connectivity index (χ3v) is 5.99. The topological polar surface area (TPSA) is 127 Å². The summed E-state index contributed by atoms with van der Waals surface area (Å²) in [6.07, 6.45) is -0.0990. The van der Waals surface area contributed by atoms with Crippen molar-refractivity contribution >= 4 is 11.9 Å². The van der Waals surface area contributed by atoms with Crippen LogP contribution < -0.4 is 11.5 Å². The first-order chi connectivity index (χ1) is 16.4. The summed E-state index contributed by atoms with van der Waals surface area (Å²) in [7, 11) is 0. The Morgan fingerprint density at radius 2 is 1.31 bits per heavy atom. The lowest BCUT2D eigenvalue weighted by Gasteiger charge is -2.18. The van der Waals surface area contributed by atoms with Crippen LogP contribution in [0.3, 0.4) is 0 Å². The summed E-state index contributed by atoms with van der Waals surface area (Å²) in [6, 6.07) is 10.5. The maximum atomic E-state index is 11.9. The minimum Gasteiger partial charge on any atom is -0.481 e. The van der Waals surface area contributed by atoms with E-state index in [1.165, 1.54) is 5.56 Å². The van der Waals surface area contributed by atoms with E-state index in [1.54, 1.807) is 6.92 Å². The zero-order chi connectivity index (χ0) is 26.9. The molecule has 1 aromatic rings. The molecule has 0 bridgehead atoms. The van der Waals surface area contributed by atoms with E-state index in [-0.39, 0.29) is 43.6 Å². The highest BCUT2D eigenvalue weighted by molar-refractivity contribution is 5.67. The smallest absolute Gasteiger partial charge is 0.389 e. The van der Waals surface area contributed by atoms with Crippen molar-refractivity contribution in [2.24, 2.45) is 35.1 Å². The highest BCUT2D eigenvalue weighted by Crippen LogP contribution is 2.27. The molecule has 0 radical (unpaired) electrons. The van der Waals surface area contributed by atoms with Crippen molar-refractivity contribution in [2.75, 3.05) is 13.1 Å². The number of carbonyl (C=O) groups is 2. The Morgan fingerprint density at radius 3 is 1.71 bits per heavy atom. The van der Waals surface area contributed by atoms with Crippen LogP contribution in [0.4, 0.5) is 13.2 Å². The van der Waals surface area contributed by atoms with Crippen LogP contribution in [0.2, 0.25) is 0 Å². The quantitative estimate of drug-likeness (QED) is 0.236. The summed E-state index contributed by atoms with van der Waals surface area (Å²) < 4.78 is 35.8. The summed E-state index contributed by atoms with van der Waals surface area (Å²) in [5.41, 5.74) is 12.4. The Labute approximate surface area is 207 Å². The van der Waals surface area contributed by atoms with E-state index in [0.717, 1.165) is 25.7 Å². The standard InChI is InChI=1S/C16H25NO2.C10H18F3NO2/c1-13(10-15(12-17)11-16(18)19)6-5-9-14-7-3-2-4-8-14;1-7(2-3-10(11,12)13)4-8(6-14)5-9(15)16/h2-4,7-8,13,15H,5-6,9-12,17H2,1H3,(H,18,19);7-8H,2-6,14H2,1H3,(H,15,16)/t13-,15+;7-,8+/m11/s1. The van der Waals surface area contributed by atoms with Gasteiger partial charge >= 0.3 is 18.1 Å². The van der Waals surface area contributed by atoms with Gasteiger partial charge in [-0.3, -0.25) is 9.59 Å². The molecular weight excluding hydrogens is 461 g/mol. The Bertz CT molecular complexity index is 702. The number of nitrogens with two attached hydrogens (primary N) is 2. The molecule has 0 aromatic heterocycles. The molecular formula is C26H43F3N2O4. The van der Waals surface area contributed by atoms with Crippen molar-refractivity contribution in [1.29, 1.82) is 0 Å². The molecule has 0 aliphatic carbocycles. The van der Waals surface area contributed by atoms with E-state index < -0.39 is 24.5 Å². The van der Waals surface area contributed by atoms with Gasteiger partial charge < -0.3 is 21.7 Å². The highest BCUT2D eigenvalue weighted by Gasteiger charge is 2.28. The predicted molar refractivity (Wildman–Crippen MR) is 132 cm³/mol. The van der Waals surface area contributed by atoms with Gasteiger partial charge in [0.05, 0.1) is 0 Å². The van der Waals surface area contributed by atoms with E-state index in [2.05, 4.69) is 31.2 Å². The number of alkyl halides is 3. The Kier molecular flexibility index (Phi) is 17.1. The number of benzene rings is 1. The summed E-state index contributed by atoms with van der Waals surface area (Å²) in [5.74, 6) is -1.44. The van der Waals surface area contributed by atoms with Crippen LogP contribution in [-0.2, 0) is 16.0 Å². The second-order valence-electron chi connectivity index (χ2n) is 9.61. The SMILES string of the molecule is C[C@H](CCC(F)(F)F)C[C@H](CN)CC(=O)O.C[C@H](CCCc1ccccc1)C[C@H](CN)CC(=O)O. The van der Waals surface area contributed by atoms with Gasteiger partial charge in [-0.15, -0.1) is 0 Å². The van der Waals surface area contributed by atoms with Crippen LogP contribution in [0.5, 0.6) is 0 Å². The van der Waals surface area contributed by atoms with Crippen LogP contribution in [0.1, 0.15) is 70.8 Å². The van der Waals surface area contributed by atoms with Crippen LogP contribution in [0.15, 0.2) is 30.3 Å². The van der Waals surface area contributed by atoms with Crippen molar-refractivity contribution in [2.45, 2.75) is 77.8 Å². The molecule has 0 saturated heterocycles. The van der Waals surface area contributed by atoms with Gasteiger partial charge in [-0.05, 0) is 74.4 Å². The molecule has 0 aliphatic heterocycles. The van der Waals surface area contributed by atoms with Gasteiger partial charge in [0.2, 0.25) is 0 Å². The summed E-state index contributed by atoms with van der Waals surface area (Å²) in [5, 5.41) is 17.3. The van der Waals surface area contributed by atoms with Gasteiger partial charge in [0.1, 0.15) is 0 Å². The molecule has 0 spiro atoms. The maximum Gasteiger partial charge on any atom is 0.389 e. The van der Waals surface area contributed by atoms with Gasteiger partial charge in [0.25, 0.3) is 0 Å². The van der Waals surface area contributed by atoms with E-state index in [1.807, 2.05) is 6.07 Å². The first kappa shape index (κ1) is 32.9. The van der Waals surface area contributed by atoms with Crippen LogP contribution in [0, 0.1) is 23.7 Å². The Morgan fingerprint density at radius 1 is 0.857 bits per heavy atom. The molecule has 0 saturated carbocycles. The van der Waals surface area contributed by atoms with Crippen molar-refractivity contribution in [1.82, 2.24) is 0 Å². The second-order valence-corrected chi connectivity index (χ2v) is 9.61. The molecule has 1 rings (SSSR count). The van der Waals surface area contributed by atoms with Gasteiger partial charge in [-0.1, -0.05) is 50.6 Å². The zero-order valence-electron chi connectivity index (χ0n) is 21.0. The normalized spacial score (nSPS) is 14.8. The molecule has 0 fully saturated rings. The first-order valence-corrected chi connectivity index (χ1v) is 12.3. The fraction of sp³-hybridized carbons (Fsp3) is 0.692. The predicted octanol–water partition coefficient (Wildman–Crippen LogP) is 5.49.